The summed E-state index contributed by atoms with van der Waals surface area (Å²) in [4.78, 5) is 6.61. The summed E-state index contributed by atoms with van der Waals surface area (Å²) in [6.07, 6.45) is 3.79. The molecule has 1 aliphatic rings. The Hall–Kier alpha value is -2.61. The largest absolute Gasteiger partial charge is 0.364 e. The molecule has 25 heavy (non-hydrogen) atoms. The average molecular weight is 330 g/mol. The molecule has 0 bridgehead atoms. The van der Waals surface area contributed by atoms with Crippen LogP contribution in [0.3, 0.4) is 0 Å². The lowest BCUT2D eigenvalue weighted by atomic mass is 9.81. The molecule has 2 heterocycles. The van der Waals surface area contributed by atoms with Gasteiger partial charge in [-0.05, 0) is 30.7 Å². The van der Waals surface area contributed by atoms with E-state index in [9.17, 15) is 0 Å². The summed E-state index contributed by atoms with van der Waals surface area (Å²) in [6.45, 7) is 11.7. The van der Waals surface area contributed by atoms with Crippen LogP contribution < -0.4 is 4.90 Å². The molecule has 0 saturated heterocycles. The van der Waals surface area contributed by atoms with Gasteiger partial charge in [0.2, 0.25) is 0 Å². The zero-order chi connectivity index (χ0) is 17.9. The minimum Gasteiger partial charge on any atom is -0.364 e. The normalized spacial score (nSPS) is 17.6. The first-order chi connectivity index (χ1) is 12.1. The van der Waals surface area contributed by atoms with Crippen LogP contribution >= 0.6 is 0 Å². The second-order valence-electron chi connectivity index (χ2n) is 7.05. The average Bonchev–Trinajstić information content (AvgIpc) is 2.84. The third-order valence-electron chi connectivity index (χ3n) is 5.26. The van der Waals surface area contributed by atoms with Gasteiger partial charge >= 0.3 is 0 Å². The van der Waals surface area contributed by atoms with Crippen molar-refractivity contribution in [3.05, 3.63) is 85.1 Å². The molecule has 0 fully saturated rings. The summed E-state index contributed by atoms with van der Waals surface area (Å²) in [5.41, 5.74) is 4.12. The van der Waals surface area contributed by atoms with E-state index in [-0.39, 0.29) is 5.41 Å². The molecule has 1 unspecified atom stereocenters. The summed E-state index contributed by atoms with van der Waals surface area (Å²) in [5, 5.41) is 1.20. The Morgan fingerprint density at radius 3 is 2.48 bits per heavy atom. The maximum atomic E-state index is 4.18. The first-order valence-electron chi connectivity index (χ1n) is 8.82. The summed E-state index contributed by atoms with van der Waals surface area (Å²) >= 11 is 0. The Morgan fingerprint density at radius 1 is 1.04 bits per heavy atom. The lowest BCUT2D eigenvalue weighted by Gasteiger charge is -2.30. The van der Waals surface area contributed by atoms with Gasteiger partial charge in [-0.3, -0.25) is 4.98 Å². The fourth-order valence-electron chi connectivity index (χ4n) is 3.50. The van der Waals surface area contributed by atoms with Gasteiger partial charge in [0.15, 0.2) is 0 Å². The third-order valence-corrected chi connectivity index (χ3v) is 5.26. The van der Waals surface area contributed by atoms with E-state index in [4.69, 9.17) is 0 Å². The topological polar surface area (TPSA) is 16.1 Å². The molecular weight excluding hydrogens is 304 g/mol. The smallest absolute Gasteiger partial charge is 0.0701 e. The number of para-hydroxylation sites is 2. The van der Waals surface area contributed by atoms with Crippen LogP contribution in [0.2, 0.25) is 0 Å². The van der Waals surface area contributed by atoms with E-state index in [0.717, 1.165) is 12.1 Å². The van der Waals surface area contributed by atoms with Crippen LogP contribution in [0.25, 0.3) is 10.9 Å². The van der Waals surface area contributed by atoms with Crippen molar-refractivity contribution >= 4 is 16.6 Å². The molecule has 128 valence electrons. The number of hydrogen-bond donors (Lipinski definition) is 0. The minimum absolute atomic E-state index is 0.236. The van der Waals surface area contributed by atoms with E-state index < -0.39 is 0 Å². The highest BCUT2D eigenvalue weighted by Crippen LogP contribution is 2.44. The Bertz CT molecular complexity index is 801. The van der Waals surface area contributed by atoms with Crippen LogP contribution in [-0.2, 0) is 5.41 Å². The van der Waals surface area contributed by atoms with Crippen molar-refractivity contribution in [1.29, 1.82) is 0 Å². The molecule has 0 radical (unpaired) electrons. The lowest BCUT2D eigenvalue weighted by Crippen LogP contribution is -2.38. The van der Waals surface area contributed by atoms with Gasteiger partial charge in [-0.1, -0.05) is 62.4 Å². The van der Waals surface area contributed by atoms with Crippen LogP contribution in [0.4, 0.5) is 5.69 Å². The Kier molecular flexibility index (Phi) is 4.89. The minimum atomic E-state index is 0.236. The maximum Gasteiger partial charge on any atom is 0.0701 e. The van der Waals surface area contributed by atoms with Crippen LogP contribution in [0, 0.1) is 0 Å². The zero-order valence-corrected chi connectivity index (χ0v) is 15.3. The maximum absolute atomic E-state index is 4.18. The Morgan fingerprint density at radius 2 is 1.72 bits per heavy atom. The molecule has 2 heteroatoms. The number of fused-ring (bicyclic) bond motifs is 2. The van der Waals surface area contributed by atoms with Crippen LogP contribution in [0.5, 0.6) is 0 Å². The molecule has 1 atom stereocenters. The first kappa shape index (κ1) is 17.2. The van der Waals surface area contributed by atoms with E-state index in [1.54, 1.807) is 0 Å². The molecular formula is C23H26N2. The number of anilines is 1. The van der Waals surface area contributed by atoms with Crippen LogP contribution in [0.1, 0.15) is 26.3 Å². The standard InChI is InChI=1S/C14H19N.C9H7N/c1-5-10-15-11(2)14(3,4)12-8-6-7-9-13(12)15;1-2-6-9-8(4-1)5-3-7-10-9/h5-9,11H,1,10H2,2-4H3;1-7H. The molecule has 2 nitrogen and oxygen atoms in total. The Labute approximate surface area is 150 Å². The number of nitrogens with zero attached hydrogens (tertiary/aromatic N) is 2. The zero-order valence-electron chi connectivity index (χ0n) is 15.3. The van der Waals surface area contributed by atoms with Gasteiger partial charge in [0.25, 0.3) is 0 Å². The van der Waals surface area contributed by atoms with E-state index in [0.29, 0.717) is 6.04 Å². The summed E-state index contributed by atoms with van der Waals surface area (Å²) in [7, 11) is 0. The third kappa shape index (κ3) is 3.30. The van der Waals surface area contributed by atoms with Gasteiger partial charge in [0, 0.05) is 35.3 Å². The van der Waals surface area contributed by atoms with Gasteiger partial charge in [0.05, 0.1) is 5.52 Å². The molecule has 0 aliphatic carbocycles. The fraction of sp³-hybridized carbons (Fsp3) is 0.261. The summed E-state index contributed by atoms with van der Waals surface area (Å²) in [6, 6.07) is 21.3. The van der Waals surface area contributed by atoms with E-state index in [1.165, 1.54) is 16.6 Å². The number of pyridine rings is 1. The summed E-state index contributed by atoms with van der Waals surface area (Å²) in [5.74, 6) is 0. The number of benzene rings is 2. The molecule has 4 rings (SSSR count). The van der Waals surface area contributed by atoms with Crippen LogP contribution in [-0.4, -0.2) is 17.6 Å². The highest BCUT2D eigenvalue weighted by Gasteiger charge is 2.40. The first-order valence-corrected chi connectivity index (χ1v) is 8.82. The van der Waals surface area contributed by atoms with Crippen molar-refractivity contribution in [2.45, 2.75) is 32.2 Å². The predicted octanol–water partition coefficient (Wildman–Crippen LogP) is 5.59. The predicted molar refractivity (Wildman–Crippen MR) is 108 cm³/mol. The molecule has 0 spiro atoms. The monoisotopic (exact) mass is 330 g/mol. The van der Waals surface area contributed by atoms with Gasteiger partial charge in [-0.25, -0.2) is 0 Å². The van der Waals surface area contributed by atoms with Crippen LogP contribution in [0.15, 0.2) is 79.5 Å². The molecule has 1 aliphatic heterocycles. The van der Waals surface area contributed by atoms with Gasteiger partial charge < -0.3 is 4.90 Å². The molecule has 2 aromatic carbocycles. The second-order valence-corrected chi connectivity index (χ2v) is 7.05. The second kappa shape index (κ2) is 7.10. The highest BCUT2D eigenvalue weighted by molar-refractivity contribution is 5.77. The number of aromatic nitrogens is 1. The van der Waals surface area contributed by atoms with Crippen molar-refractivity contribution in [2.75, 3.05) is 11.4 Å². The van der Waals surface area contributed by atoms with E-state index in [1.807, 2.05) is 36.5 Å². The Balaban J connectivity index is 0.000000157. The van der Waals surface area contributed by atoms with E-state index in [2.05, 4.69) is 73.6 Å². The van der Waals surface area contributed by atoms with Gasteiger partial charge in [-0.15, -0.1) is 6.58 Å². The van der Waals surface area contributed by atoms with Gasteiger partial charge in [-0.2, -0.15) is 0 Å². The summed E-state index contributed by atoms with van der Waals surface area (Å²) < 4.78 is 0. The highest BCUT2D eigenvalue weighted by atomic mass is 15.2. The molecule has 3 aromatic rings. The molecule has 0 amide bonds. The van der Waals surface area contributed by atoms with Crippen molar-refractivity contribution in [3.8, 4) is 0 Å². The molecule has 0 saturated carbocycles. The lowest BCUT2D eigenvalue weighted by molar-refractivity contribution is 0.448. The molecule has 1 aromatic heterocycles. The molecule has 0 N–H and O–H groups in total. The number of rotatable bonds is 2. The van der Waals surface area contributed by atoms with Crippen molar-refractivity contribution < 1.29 is 0 Å². The van der Waals surface area contributed by atoms with E-state index >= 15 is 0 Å². The van der Waals surface area contributed by atoms with Crippen molar-refractivity contribution in [1.82, 2.24) is 4.98 Å². The SMILES string of the molecule is C=CCN1c2ccccc2C(C)(C)C1C.c1ccc2ncccc2c1. The van der Waals surface area contributed by atoms with Crippen molar-refractivity contribution in [3.63, 3.8) is 0 Å². The van der Waals surface area contributed by atoms with Gasteiger partial charge in [0.1, 0.15) is 0 Å². The van der Waals surface area contributed by atoms with Crippen molar-refractivity contribution in [2.24, 2.45) is 0 Å². The fourth-order valence-corrected chi connectivity index (χ4v) is 3.50. The number of hydrogen-bond acceptors (Lipinski definition) is 2. The quantitative estimate of drug-likeness (QED) is 0.569.